The molecule has 50 heavy (non-hydrogen) atoms. The van der Waals surface area contributed by atoms with Crippen LogP contribution in [0.2, 0.25) is 10.0 Å². The van der Waals surface area contributed by atoms with Crippen molar-refractivity contribution < 1.29 is 27.8 Å². The van der Waals surface area contributed by atoms with Crippen LogP contribution in [0.5, 0.6) is 11.8 Å². The highest BCUT2D eigenvalue weighted by atomic mass is 35.5. The largest absolute Gasteiger partial charge is 0.480 e. The van der Waals surface area contributed by atoms with Crippen LogP contribution < -0.4 is 30.7 Å². The molecule has 4 heterocycles. The number of ether oxygens (including phenoxy) is 2. The first-order valence-electron chi connectivity index (χ1n) is 15.9. The summed E-state index contributed by atoms with van der Waals surface area (Å²) in [7, 11) is 2.89. The van der Waals surface area contributed by atoms with Gasteiger partial charge in [0.25, 0.3) is 0 Å². The van der Waals surface area contributed by atoms with Crippen molar-refractivity contribution in [1.29, 1.82) is 0 Å². The molecule has 6 rings (SSSR count). The van der Waals surface area contributed by atoms with Gasteiger partial charge in [-0.05, 0) is 37.1 Å². The van der Waals surface area contributed by atoms with E-state index >= 15 is 8.78 Å². The van der Waals surface area contributed by atoms with Crippen molar-refractivity contribution in [3.05, 3.63) is 69.7 Å². The predicted octanol–water partition coefficient (Wildman–Crippen LogP) is 4.61. The number of carbonyl (C=O) groups is 2. The molecule has 2 aromatic heterocycles. The van der Waals surface area contributed by atoms with Gasteiger partial charge in [0, 0.05) is 73.4 Å². The molecule has 2 saturated heterocycles. The van der Waals surface area contributed by atoms with Gasteiger partial charge >= 0.3 is 0 Å². The number of hydrogen-bond donors (Lipinski definition) is 4. The van der Waals surface area contributed by atoms with E-state index in [2.05, 4.69) is 41.2 Å². The summed E-state index contributed by atoms with van der Waals surface area (Å²) in [5.41, 5.74) is 2.09. The van der Waals surface area contributed by atoms with Gasteiger partial charge in [-0.2, -0.15) is 0 Å². The monoisotopic (exact) mass is 726 g/mol. The fourth-order valence-electron chi connectivity index (χ4n) is 5.96. The summed E-state index contributed by atoms with van der Waals surface area (Å²) in [5, 5.41) is 12.4. The molecule has 262 valence electrons. The van der Waals surface area contributed by atoms with Gasteiger partial charge in [-0.15, -0.1) is 0 Å². The Kier molecular flexibility index (Phi) is 11.0. The lowest BCUT2D eigenvalue weighted by atomic mass is 9.98. The Morgan fingerprint density at radius 3 is 1.48 bits per heavy atom. The van der Waals surface area contributed by atoms with E-state index in [9.17, 15) is 9.59 Å². The number of nitrogens with one attached hydrogen (secondary N) is 4. The van der Waals surface area contributed by atoms with Crippen molar-refractivity contribution in [2.24, 2.45) is 0 Å². The third-order valence-corrected chi connectivity index (χ3v) is 9.28. The lowest BCUT2D eigenvalue weighted by Crippen LogP contribution is -2.35. The molecule has 2 unspecified atom stereocenters. The van der Waals surface area contributed by atoms with Gasteiger partial charge < -0.3 is 30.7 Å². The Bertz CT molecular complexity index is 1800. The molecular weight excluding hydrogens is 693 g/mol. The quantitative estimate of drug-likeness (QED) is 0.154. The zero-order valence-corrected chi connectivity index (χ0v) is 28.7. The van der Waals surface area contributed by atoms with Gasteiger partial charge in [0.15, 0.2) is 0 Å². The fourth-order valence-corrected chi connectivity index (χ4v) is 6.57. The van der Waals surface area contributed by atoms with E-state index < -0.39 is 11.6 Å². The highest BCUT2D eigenvalue weighted by Gasteiger charge is 2.24. The number of hydrogen-bond acceptors (Lipinski definition) is 10. The Morgan fingerprint density at radius 1 is 0.720 bits per heavy atom. The maximum Gasteiger partial charge on any atom is 0.237 e. The van der Waals surface area contributed by atoms with Crippen LogP contribution in [0.3, 0.4) is 0 Å². The molecule has 0 spiro atoms. The maximum absolute atomic E-state index is 15.2. The highest BCUT2D eigenvalue weighted by molar-refractivity contribution is 6.39. The molecule has 2 amide bonds. The van der Waals surface area contributed by atoms with Crippen LogP contribution in [0.25, 0.3) is 33.6 Å². The summed E-state index contributed by atoms with van der Waals surface area (Å²) < 4.78 is 41.4. The normalized spacial score (nSPS) is 17.2. The molecule has 4 N–H and O–H groups in total. The summed E-state index contributed by atoms with van der Waals surface area (Å²) in [4.78, 5) is 41.0. The second-order valence-electron chi connectivity index (χ2n) is 11.9. The molecule has 0 aliphatic carbocycles. The molecule has 2 aliphatic rings. The minimum Gasteiger partial charge on any atom is -0.480 e. The van der Waals surface area contributed by atoms with E-state index in [1.165, 1.54) is 38.7 Å². The van der Waals surface area contributed by atoms with Crippen molar-refractivity contribution in [1.82, 2.24) is 41.2 Å². The predicted molar refractivity (Wildman–Crippen MR) is 183 cm³/mol. The molecule has 2 atom stereocenters. The smallest absolute Gasteiger partial charge is 0.237 e. The number of rotatable bonds is 13. The van der Waals surface area contributed by atoms with Crippen LogP contribution in [0.15, 0.2) is 36.7 Å². The SMILES string of the molecule is COc1nc(-c2cc(F)cc(-c3cc(F)cc(-c4cnc(CNCC5CCC(=O)N5)c(OC)n4)c3Cl)c2Cl)cnc1CNCC1CCC(=O)N1. The summed E-state index contributed by atoms with van der Waals surface area (Å²) in [6.07, 6.45) is 5.40. The number of methoxy groups -OCH3 is 2. The van der Waals surface area contributed by atoms with E-state index in [0.29, 0.717) is 50.4 Å². The average Bonchev–Trinajstić information content (AvgIpc) is 3.73. The molecule has 2 aliphatic heterocycles. The fraction of sp³-hybridized carbons (Fsp3) is 0.353. The molecule has 4 aromatic rings. The van der Waals surface area contributed by atoms with Crippen molar-refractivity contribution in [2.75, 3.05) is 27.3 Å². The van der Waals surface area contributed by atoms with Gasteiger partial charge in [-0.1, -0.05) is 23.2 Å². The maximum atomic E-state index is 15.2. The number of amides is 2. The number of aromatic nitrogens is 4. The molecule has 16 heteroatoms. The van der Waals surface area contributed by atoms with E-state index in [1.807, 2.05) is 0 Å². The van der Waals surface area contributed by atoms with E-state index in [0.717, 1.165) is 25.0 Å². The van der Waals surface area contributed by atoms with Gasteiger partial charge in [-0.3, -0.25) is 19.6 Å². The van der Waals surface area contributed by atoms with Crippen molar-refractivity contribution in [2.45, 2.75) is 50.9 Å². The third-order valence-electron chi connectivity index (χ3n) is 8.46. The first kappa shape index (κ1) is 35.3. The summed E-state index contributed by atoms with van der Waals surface area (Å²) in [6, 6.07) is 4.80. The number of halogens is 4. The first-order valence-corrected chi connectivity index (χ1v) is 16.7. The third kappa shape index (κ3) is 7.94. The van der Waals surface area contributed by atoms with Crippen molar-refractivity contribution >= 4 is 35.0 Å². The Balaban J connectivity index is 1.25. The highest BCUT2D eigenvalue weighted by Crippen LogP contribution is 2.43. The van der Waals surface area contributed by atoms with E-state index in [-0.39, 0.29) is 79.3 Å². The second-order valence-corrected chi connectivity index (χ2v) is 12.7. The van der Waals surface area contributed by atoms with Crippen LogP contribution >= 0.6 is 23.2 Å². The minimum atomic E-state index is -0.665. The average molecular weight is 728 g/mol. The minimum absolute atomic E-state index is 0.0289. The van der Waals surface area contributed by atoms with Crippen LogP contribution in [-0.2, 0) is 22.7 Å². The van der Waals surface area contributed by atoms with Crippen LogP contribution in [-0.4, -0.2) is 71.1 Å². The first-order chi connectivity index (χ1) is 24.1. The van der Waals surface area contributed by atoms with E-state index in [4.69, 9.17) is 32.7 Å². The molecular formula is C34H34Cl2F2N8O4. The topological polar surface area (TPSA) is 152 Å². The molecule has 0 saturated carbocycles. The summed E-state index contributed by atoms with van der Waals surface area (Å²) in [5.74, 6) is -0.865. The zero-order valence-electron chi connectivity index (χ0n) is 27.2. The molecule has 12 nitrogen and oxygen atoms in total. The Labute approximate surface area is 296 Å². The molecule has 0 radical (unpaired) electrons. The Hall–Kier alpha value is -4.50. The van der Waals surface area contributed by atoms with Crippen LogP contribution in [0, 0.1) is 11.6 Å². The standard InChI is InChI=1S/C34H34Cl2F2N8O4/c1-49-33-27(13-39-11-19-3-5-29(47)43-19)41-15-25(45-33)23-9-17(37)7-21(31(23)35)22-8-18(38)10-24(32(22)36)26-16-42-28(34(46-26)50-2)14-40-12-20-4-6-30(48)44-20/h7-10,15-16,19-20,39-40H,3-6,11-14H2,1-2H3,(H,43,47)(H,44,48). The van der Waals surface area contributed by atoms with Crippen LogP contribution in [0.1, 0.15) is 37.1 Å². The summed E-state index contributed by atoms with van der Waals surface area (Å²) >= 11 is 13.7. The number of benzene rings is 2. The Morgan fingerprint density at radius 2 is 1.12 bits per heavy atom. The van der Waals surface area contributed by atoms with Gasteiger partial charge in [-0.25, -0.2) is 18.7 Å². The van der Waals surface area contributed by atoms with Crippen molar-refractivity contribution in [3.63, 3.8) is 0 Å². The second kappa shape index (κ2) is 15.6. The zero-order chi connectivity index (χ0) is 35.4. The summed E-state index contributed by atoms with van der Waals surface area (Å²) in [6.45, 7) is 1.74. The molecule has 2 fully saturated rings. The van der Waals surface area contributed by atoms with Gasteiger partial charge in [0.05, 0.1) is 48.0 Å². The number of nitrogens with zero attached hydrogens (tertiary/aromatic N) is 4. The molecule has 2 aromatic carbocycles. The molecule has 0 bridgehead atoms. The number of carbonyl (C=O) groups excluding carboxylic acids is 2. The van der Waals surface area contributed by atoms with Crippen molar-refractivity contribution in [3.8, 4) is 45.4 Å². The van der Waals surface area contributed by atoms with Gasteiger partial charge in [0.2, 0.25) is 23.6 Å². The van der Waals surface area contributed by atoms with E-state index in [1.54, 1.807) is 0 Å². The van der Waals surface area contributed by atoms with Gasteiger partial charge in [0.1, 0.15) is 23.0 Å². The lowest BCUT2D eigenvalue weighted by Gasteiger charge is -2.16. The lowest BCUT2D eigenvalue weighted by molar-refractivity contribution is -0.120. The van der Waals surface area contributed by atoms with Crippen LogP contribution in [0.4, 0.5) is 8.78 Å².